The Labute approximate surface area is 158 Å². The largest absolute Gasteiger partial charge is 0.467 e. The van der Waals surface area contributed by atoms with Gasteiger partial charge >= 0.3 is 5.97 Å². The maximum atomic E-state index is 14.6. The maximum Gasteiger partial charge on any atom is 0.328 e. The van der Waals surface area contributed by atoms with Crippen LogP contribution in [0.2, 0.25) is 0 Å². The molecule has 1 aromatic rings. The number of ether oxygens (including phenoxy) is 2. The van der Waals surface area contributed by atoms with Crippen LogP contribution in [0.25, 0.3) is 0 Å². The van der Waals surface area contributed by atoms with E-state index in [9.17, 15) is 19.1 Å². The molecule has 0 saturated heterocycles. The normalized spacial score (nSPS) is 15.8. The van der Waals surface area contributed by atoms with Crippen molar-refractivity contribution in [3.05, 3.63) is 41.4 Å². The van der Waals surface area contributed by atoms with Gasteiger partial charge in [0.1, 0.15) is 11.8 Å². The van der Waals surface area contributed by atoms with Gasteiger partial charge in [-0.2, -0.15) is 0 Å². The zero-order valence-electron chi connectivity index (χ0n) is 16.3. The van der Waals surface area contributed by atoms with Gasteiger partial charge < -0.3 is 19.5 Å². The van der Waals surface area contributed by atoms with Gasteiger partial charge in [-0.1, -0.05) is 26.0 Å². The van der Waals surface area contributed by atoms with E-state index in [1.54, 1.807) is 6.07 Å². The lowest BCUT2D eigenvalue weighted by molar-refractivity contribution is -0.151. The van der Waals surface area contributed by atoms with Crippen LogP contribution in [0.5, 0.6) is 5.75 Å². The smallest absolute Gasteiger partial charge is 0.328 e. The van der Waals surface area contributed by atoms with Crippen molar-refractivity contribution in [2.45, 2.75) is 45.8 Å². The quantitative estimate of drug-likeness (QED) is 0.738. The highest BCUT2D eigenvalue weighted by atomic mass is 19.1. The van der Waals surface area contributed by atoms with Crippen LogP contribution < -0.4 is 4.74 Å². The standard InChI is InChI=1S/C20H26FNO5/c1-12(2)9-15(19(24)26-5)22-11-13(10-17(22)23)27-16-8-6-7-14(18(16)21)20(3,4)25/h6-8,10,12,15,25H,9,11H2,1-5H3. The summed E-state index contributed by atoms with van der Waals surface area (Å²) >= 11 is 0. The van der Waals surface area contributed by atoms with E-state index in [0.29, 0.717) is 6.42 Å². The SMILES string of the molecule is COC(=O)C(CC(C)C)N1CC(Oc2cccc(C(C)(C)O)c2F)=CC1=O. The lowest BCUT2D eigenvalue weighted by Crippen LogP contribution is -2.44. The topological polar surface area (TPSA) is 76.1 Å². The molecule has 1 aromatic carbocycles. The maximum absolute atomic E-state index is 14.6. The van der Waals surface area contributed by atoms with Crippen LogP contribution in [0.4, 0.5) is 4.39 Å². The monoisotopic (exact) mass is 379 g/mol. The zero-order valence-corrected chi connectivity index (χ0v) is 16.3. The first-order valence-corrected chi connectivity index (χ1v) is 8.82. The predicted molar refractivity (Wildman–Crippen MR) is 97.3 cm³/mol. The molecule has 0 fully saturated rings. The molecule has 0 bridgehead atoms. The van der Waals surface area contributed by atoms with E-state index in [-0.39, 0.29) is 35.4 Å². The third kappa shape index (κ3) is 4.86. The molecule has 1 unspecified atom stereocenters. The molecule has 27 heavy (non-hydrogen) atoms. The highest BCUT2D eigenvalue weighted by molar-refractivity contribution is 5.94. The number of nitrogens with zero attached hydrogens (tertiary/aromatic N) is 1. The Bertz CT molecular complexity index is 751. The van der Waals surface area contributed by atoms with Crippen molar-refractivity contribution >= 4 is 11.9 Å². The Morgan fingerprint density at radius 1 is 1.37 bits per heavy atom. The molecule has 0 radical (unpaired) electrons. The van der Waals surface area contributed by atoms with Crippen LogP contribution in [-0.4, -0.2) is 41.6 Å². The van der Waals surface area contributed by atoms with Crippen molar-refractivity contribution in [3.8, 4) is 5.75 Å². The number of carbonyl (C=O) groups is 2. The van der Waals surface area contributed by atoms with Gasteiger partial charge in [-0.05, 0) is 32.3 Å². The average Bonchev–Trinajstić information content (AvgIpc) is 2.92. The van der Waals surface area contributed by atoms with E-state index in [0.717, 1.165) is 0 Å². The third-order valence-electron chi connectivity index (χ3n) is 4.30. The number of benzene rings is 1. The number of rotatable bonds is 7. The number of methoxy groups -OCH3 is 1. The summed E-state index contributed by atoms with van der Waals surface area (Å²) in [5, 5.41) is 10.1. The molecule has 148 valence electrons. The molecule has 1 heterocycles. The number of carbonyl (C=O) groups excluding carboxylic acids is 2. The van der Waals surface area contributed by atoms with Crippen LogP contribution in [0, 0.1) is 11.7 Å². The Hall–Kier alpha value is -2.41. The summed E-state index contributed by atoms with van der Waals surface area (Å²) in [4.78, 5) is 25.8. The van der Waals surface area contributed by atoms with Gasteiger partial charge in [0.15, 0.2) is 11.6 Å². The second-order valence-electron chi connectivity index (χ2n) is 7.52. The lowest BCUT2D eigenvalue weighted by atomic mass is 9.97. The first-order chi connectivity index (χ1) is 12.5. The van der Waals surface area contributed by atoms with Gasteiger partial charge in [-0.15, -0.1) is 0 Å². The van der Waals surface area contributed by atoms with Crippen molar-refractivity contribution in [2.24, 2.45) is 5.92 Å². The van der Waals surface area contributed by atoms with Gasteiger partial charge in [-0.3, -0.25) is 4.79 Å². The minimum absolute atomic E-state index is 0.0392. The number of aliphatic hydroxyl groups is 1. The summed E-state index contributed by atoms with van der Waals surface area (Å²) in [6.45, 7) is 6.87. The second-order valence-corrected chi connectivity index (χ2v) is 7.52. The molecule has 1 amide bonds. The summed E-state index contributed by atoms with van der Waals surface area (Å²) in [5.74, 6) is -1.27. The molecule has 6 nitrogen and oxygen atoms in total. The minimum atomic E-state index is -1.37. The van der Waals surface area contributed by atoms with Crippen LogP contribution in [0.3, 0.4) is 0 Å². The number of hydrogen-bond acceptors (Lipinski definition) is 5. The molecular weight excluding hydrogens is 353 g/mol. The molecule has 0 saturated carbocycles. The molecule has 2 rings (SSSR count). The summed E-state index contributed by atoms with van der Waals surface area (Å²) in [6, 6.07) is 3.73. The van der Waals surface area contributed by atoms with Crippen molar-refractivity contribution in [3.63, 3.8) is 0 Å². The summed E-state index contributed by atoms with van der Waals surface area (Å²) in [6.07, 6.45) is 1.69. The molecule has 1 atom stereocenters. The van der Waals surface area contributed by atoms with E-state index in [4.69, 9.17) is 9.47 Å². The van der Waals surface area contributed by atoms with Gasteiger partial charge in [0.25, 0.3) is 5.91 Å². The molecule has 7 heteroatoms. The molecule has 0 aliphatic carbocycles. The molecule has 1 aliphatic heterocycles. The summed E-state index contributed by atoms with van der Waals surface area (Å²) in [7, 11) is 1.28. The Balaban J connectivity index is 2.20. The Morgan fingerprint density at radius 3 is 2.59 bits per heavy atom. The fourth-order valence-electron chi connectivity index (χ4n) is 2.97. The fraction of sp³-hybridized carbons (Fsp3) is 0.500. The van der Waals surface area contributed by atoms with Crippen LogP contribution in [0.1, 0.15) is 39.7 Å². The Kier molecular flexibility index (Phi) is 6.26. The fourth-order valence-corrected chi connectivity index (χ4v) is 2.97. The number of hydrogen-bond donors (Lipinski definition) is 1. The highest BCUT2D eigenvalue weighted by Gasteiger charge is 2.35. The first-order valence-electron chi connectivity index (χ1n) is 8.82. The summed E-state index contributed by atoms with van der Waals surface area (Å²) in [5.41, 5.74) is -1.28. The van der Waals surface area contributed by atoms with E-state index in [1.165, 1.54) is 44.1 Å². The van der Waals surface area contributed by atoms with Gasteiger partial charge in [0.05, 0.1) is 19.3 Å². The molecule has 1 aliphatic rings. The number of halogens is 1. The average molecular weight is 379 g/mol. The predicted octanol–water partition coefficient (Wildman–Crippen LogP) is 2.75. The first kappa shape index (κ1) is 20.9. The van der Waals surface area contributed by atoms with Crippen molar-refractivity contribution < 1.29 is 28.6 Å². The van der Waals surface area contributed by atoms with E-state index < -0.39 is 23.4 Å². The molecular formula is C20H26FNO5. The summed E-state index contributed by atoms with van der Waals surface area (Å²) < 4.78 is 25.0. The van der Waals surface area contributed by atoms with Crippen molar-refractivity contribution in [1.29, 1.82) is 0 Å². The van der Waals surface area contributed by atoms with E-state index in [1.807, 2.05) is 13.8 Å². The van der Waals surface area contributed by atoms with Crippen LogP contribution in [0.15, 0.2) is 30.0 Å². The second kappa shape index (κ2) is 8.08. The van der Waals surface area contributed by atoms with E-state index in [2.05, 4.69) is 0 Å². The Morgan fingerprint density at radius 2 is 2.04 bits per heavy atom. The van der Waals surface area contributed by atoms with Crippen molar-refractivity contribution in [1.82, 2.24) is 4.90 Å². The van der Waals surface area contributed by atoms with Crippen LogP contribution in [-0.2, 0) is 19.9 Å². The third-order valence-corrected chi connectivity index (χ3v) is 4.30. The van der Waals surface area contributed by atoms with Gasteiger partial charge in [0.2, 0.25) is 0 Å². The van der Waals surface area contributed by atoms with Crippen LogP contribution >= 0.6 is 0 Å². The zero-order chi connectivity index (χ0) is 20.4. The highest BCUT2D eigenvalue weighted by Crippen LogP contribution is 2.31. The van der Waals surface area contributed by atoms with Crippen molar-refractivity contribution in [2.75, 3.05) is 13.7 Å². The van der Waals surface area contributed by atoms with Gasteiger partial charge in [-0.25, -0.2) is 9.18 Å². The molecule has 0 aromatic heterocycles. The van der Waals surface area contributed by atoms with E-state index >= 15 is 0 Å². The molecule has 0 spiro atoms. The van der Waals surface area contributed by atoms with Gasteiger partial charge in [0, 0.05) is 11.6 Å². The number of amides is 1. The lowest BCUT2D eigenvalue weighted by Gasteiger charge is -2.27. The number of esters is 1. The minimum Gasteiger partial charge on any atom is -0.467 e. The molecule has 1 N–H and O–H groups in total.